The third-order valence-corrected chi connectivity index (χ3v) is 4.61. The van der Waals surface area contributed by atoms with Gasteiger partial charge in [0.05, 0.1) is 4.47 Å². The van der Waals surface area contributed by atoms with Crippen LogP contribution < -0.4 is 10.1 Å². The first kappa shape index (κ1) is 18.1. The summed E-state index contributed by atoms with van der Waals surface area (Å²) in [5.41, 5.74) is 2.53. The van der Waals surface area contributed by atoms with Crippen molar-refractivity contribution >= 4 is 38.6 Å². The van der Waals surface area contributed by atoms with E-state index in [0.717, 1.165) is 5.56 Å². The highest BCUT2D eigenvalue weighted by Crippen LogP contribution is 2.31. The highest BCUT2D eigenvalue weighted by molar-refractivity contribution is 9.10. The number of rotatable bonds is 5. The number of para-hydroxylation sites is 1. The molecule has 0 aliphatic carbocycles. The van der Waals surface area contributed by atoms with Gasteiger partial charge in [0, 0.05) is 11.3 Å². The van der Waals surface area contributed by atoms with Gasteiger partial charge in [-0.05, 0) is 64.5 Å². The second kappa shape index (κ2) is 7.74. The van der Waals surface area contributed by atoms with E-state index in [1.54, 1.807) is 48.5 Å². The molecule has 4 rings (SSSR count). The summed E-state index contributed by atoms with van der Waals surface area (Å²) in [6.45, 7) is -0.0896. The quantitative estimate of drug-likeness (QED) is 0.458. The molecule has 0 saturated heterocycles. The zero-order valence-electron chi connectivity index (χ0n) is 14.6. The van der Waals surface area contributed by atoms with Gasteiger partial charge in [-0.1, -0.05) is 18.2 Å². The molecule has 0 radical (unpaired) electrons. The Morgan fingerprint density at radius 3 is 2.71 bits per heavy atom. The summed E-state index contributed by atoms with van der Waals surface area (Å²) < 4.78 is 11.8. The zero-order valence-corrected chi connectivity index (χ0v) is 16.1. The van der Waals surface area contributed by atoms with Crippen molar-refractivity contribution in [2.75, 3.05) is 11.9 Å². The average molecular weight is 439 g/mol. The molecule has 0 aliphatic heterocycles. The van der Waals surface area contributed by atoms with Gasteiger partial charge in [0.2, 0.25) is 5.89 Å². The molecule has 7 heteroatoms. The first-order valence-corrected chi connectivity index (χ1v) is 9.25. The normalized spacial score (nSPS) is 10.8. The zero-order chi connectivity index (χ0) is 19.5. The minimum absolute atomic E-state index is 0.0896. The Hall–Kier alpha value is -3.32. The molecule has 0 aliphatic rings. The van der Waals surface area contributed by atoms with E-state index < -0.39 is 0 Å². The maximum absolute atomic E-state index is 12.1. The molecule has 1 heterocycles. The van der Waals surface area contributed by atoms with Gasteiger partial charge in [-0.2, -0.15) is 0 Å². The Morgan fingerprint density at radius 1 is 1.11 bits per heavy atom. The summed E-state index contributed by atoms with van der Waals surface area (Å²) in [4.78, 5) is 16.6. The Kier molecular flexibility index (Phi) is 4.99. The standard InChI is InChI=1S/C21H15BrN2O4/c22-16-10-13(6-8-18(16)25)21-24-17-11-14(7-9-19(17)28-21)23-20(26)12-27-15-4-2-1-3-5-15/h1-11,25H,12H2,(H,23,26). The molecular formula is C21H15BrN2O4. The molecular weight excluding hydrogens is 424 g/mol. The molecule has 0 unspecified atom stereocenters. The van der Waals surface area contributed by atoms with Crippen LogP contribution in [0.5, 0.6) is 11.5 Å². The molecule has 6 nitrogen and oxygen atoms in total. The number of aromatic hydroxyl groups is 1. The number of carbonyl (C=O) groups is 1. The van der Waals surface area contributed by atoms with Crippen molar-refractivity contribution in [1.82, 2.24) is 4.98 Å². The Labute approximate surface area is 168 Å². The summed E-state index contributed by atoms with van der Waals surface area (Å²) in [6.07, 6.45) is 0. The molecule has 0 spiro atoms. The molecule has 0 saturated carbocycles. The molecule has 2 N–H and O–H groups in total. The van der Waals surface area contributed by atoms with Crippen LogP contribution in [0.4, 0.5) is 5.69 Å². The molecule has 1 aromatic heterocycles. The van der Waals surface area contributed by atoms with Gasteiger partial charge >= 0.3 is 0 Å². The molecule has 28 heavy (non-hydrogen) atoms. The number of ether oxygens (including phenoxy) is 1. The van der Waals surface area contributed by atoms with Crippen LogP contribution in [-0.2, 0) is 4.79 Å². The van der Waals surface area contributed by atoms with Crippen molar-refractivity contribution in [2.45, 2.75) is 0 Å². The lowest BCUT2D eigenvalue weighted by Crippen LogP contribution is -2.20. The number of anilines is 1. The number of carbonyl (C=O) groups excluding carboxylic acids is 1. The lowest BCUT2D eigenvalue weighted by molar-refractivity contribution is -0.118. The van der Waals surface area contributed by atoms with Gasteiger partial charge in [0.15, 0.2) is 12.2 Å². The van der Waals surface area contributed by atoms with Gasteiger partial charge in [0.1, 0.15) is 17.0 Å². The average Bonchev–Trinajstić information content (AvgIpc) is 3.13. The van der Waals surface area contributed by atoms with E-state index in [9.17, 15) is 9.90 Å². The van der Waals surface area contributed by atoms with Crippen molar-refractivity contribution in [3.05, 3.63) is 71.2 Å². The molecule has 0 atom stereocenters. The monoisotopic (exact) mass is 438 g/mol. The fraction of sp³-hybridized carbons (Fsp3) is 0.0476. The molecule has 4 aromatic rings. The number of amides is 1. The van der Waals surface area contributed by atoms with Crippen molar-refractivity contribution < 1.29 is 19.1 Å². The van der Waals surface area contributed by atoms with Crippen LogP contribution in [0.25, 0.3) is 22.6 Å². The number of fused-ring (bicyclic) bond motifs is 1. The Balaban J connectivity index is 1.48. The lowest BCUT2D eigenvalue weighted by atomic mass is 10.2. The first-order chi connectivity index (χ1) is 13.6. The van der Waals surface area contributed by atoms with Gasteiger partial charge in [-0.15, -0.1) is 0 Å². The predicted octanol–water partition coefficient (Wildman–Crippen LogP) is 4.98. The number of oxazole rings is 1. The van der Waals surface area contributed by atoms with Crippen LogP contribution in [-0.4, -0.2) is 22.6 Å². The number of nitrogens with one attached hydrogen (secondary N) is 1. The molecule has 140 valence electrons. The second-order valence-corrected chi connectivity index (χ2v) is 6.87. The van der Waals surface area contributed by atoms with Crippen LogP contribution in [0.3, 0.4) is 0 Å². The summed E-state index contributed by atoms with van der Waals surface area (Å²) in [5, 5.41) is 12.4. The minimum Gasteiger partial charge on any atom is -0.507 e. The van der Waals surface area contributed by atoms with Crippen molar-refractivity contribution in [1.29, 1.82) is 0 Å². The van der Waals surface area contributed by atoms with Gasteiger partial charge in [0.25, 0.3) is 5.91 Å². The van der Waals surface area contributed by atoms with E-state index in [1.165, 1.54) is 0 Å². The van der Waals surface area contributed by atoms with E-state index >= 15 is 0 Å². The van der Waals surface area contributed by atoms with E-state index in [4.69, 9.17) is 9.15 Å². The van der Waals surface area contributed by atoms with Gasteiger partial charge < -0.3 is 19.6 Å². The molecule has 3 aromatic carbocycles. The highest BCUT2D eigenvalue weighted by Gasteiger charge is 2.11. The highest BCUT2D eigenvalue weighted by atomic mass is 79.9. The largest absolute Gasteiger partial charge is 0.507 e. The van der Waals surface area contributed by atoms with Crippen LogP contribution in [0.1, 0.15) is 0 Å². The number of hydrogen-bond acceptors (Lipinski definition) is 5. The SMILES string of the molecule is O=C(COc1ccccc1)Nc1ccc2oc(-c3ccc(O)c(Br)c3)nc2c1. The van der Waals surface area contributed by atoms with Gasteiger partial charge in [-0.25, -0.2) is 4.98 Å². The second-order valence-electron chi connectivity index (χ2n) is 6.02. The summed E-state index contributed by atoms with van der Waals surface area (Å²) in [5.74, 6) is 0.929. The van der Waals surface area contributed by atoms with E-state index in [0.29, 0.717) is 32.9 Å². The number of aromatic nitrogens is 1. The minimum atomic E-state index is -0.269. The first-order valence-electron chi connectivity index (χ1n) is 8.46. The fourth-order valence-corrected chi connectivity index (χ4v) is 3.01. The smallest absolute Gasteiger partial charge is 0.262 e. The van der Waals surface area contributed by atoms with E-state index in [1.807, 2.05) is 18.2 Å². The number of nitrogens with zero attached hydrogens (tertiary/aromatic N) is 1. The third-order valence-electron chi connectivity index (χ3n) is 3.98. The fourth-order valence-electron chi connectivity index (χ4n) is 2.63. The number of halogens is 1. The lowest BCUT2D eigenvalue weighted by Gasteiger charge is -2.07. The molecule has 0 fully saturated rings. The van der Waals surface area contributed by atoms with Crippen LogP contribution in [0, 0.1) is 0 Å². The third kappa shape index (κ3) is 3.99. The maximum Gasteiger partial charge on any atom is 0.262 e. The van der Waals surface area contributed by atoms with Crippen molar-refractivity contribution in [3.63, 3.8) is 0 Å². The maximum atomic E-state index is 12.1. The van der Waals surface area contributed by atoms with Crippen molar-refractivity contribution in [3.8, 4) is 23.0 Å². The Morgan fingerprint density at radius 2 is 1.93 bits per heavy atom. The summed E-state index contributed by atoms with van der Waals surface area (Å²) >= 11 is 3.28. The predicted molar refractivity (Wildman–Crippen MR) is 109 cm³/mol. The topological polar surface area (TPSA) is 84.6 Å². The molecule has 1 amide bonds. The number of phenols is 1. The van der Waals surface area contributed by atoms with E-state index in [2.05, 4.69) is 26.2 Å². The number of hydrogen-bond donors (Lipinski definition) is 2. The Bertz CT molecular complexity index is 1140. The van der Waals surface area contributed by atoms with Crippen LogP contribution >= 0.6 is 15.9 Å². The molecule has 0 bridgehead atoms. The van der Waals surface area contributed by atoms with E-state index in [-0.39, 0.29) is 18.3 Å². The van der Waals surface area contributed by atoms with Crippen LogP contribution in [0.15, 0.2) is 75.6 Å². The van der Waals surface area contributed by atoms with Crippen molar-refractivity contribution in [2.24, 2.45) is 0 Å². The summed E-state index contributed by atoms with van der Waals surface area (Å²) in [6, 6.07) is 19.4. The number of phenolic OH excluding ortho intramolecular Hbond substituents is 1. The van der Waals surface area contributed by atoms with Crippen LogP contribution in [0.2, 0.25) is 0 Å². The van der Waals surface area contributed by atoms with Gasteiger partial charge in [-0.3, -0.25) is 4.79 Å². The number of benzene rings is 3. The summed E-state index contributed by atoms with van der Waals surface area (Å²) in [7, 11) is 0.